The molecule has 1 amide bonds. The predicted molar refractivity (Wildman–Crippen MR) is 112 cm³/mol. The summed E-state index contributed by atoms with van der Waals surface area (Å²) in [5, 5.41) is 8.10. The fraction of sp³-hybridized carbons (Fsp3) is 0.190. The van der Waals surface area contributed by atoms with Gasteiger partial charge in [0.2, 0.25) is 0 Å². The van der Waals surface area contributed by atoms with Crippen LogP contribution in [0.15, 0.2) is 63.6 Å². The van der Waals surface area contributed by atoms with Gasteiger partial charge in [0, 0.05) is 11.4 Å². The first-order chi connectivity index (χ1) is 14.6. The van der Waals surface area contributed by atoms with Crippen molar-refractivity contribution in [2.75, 3.05) is 13.7 Å². The lowest BCUT2D eigenvalue weighted by atomic mass is 10.1. The zero-order valence-electron chi connectivity index (χ0n) is 15.9. The van der Waals surface area contributed by atoms with E-state index < -0.39 is 24.5 Å². The number of hydrogen-bond donors (Lipinski definition) is 0. The molecule has 2 aromatic heterocycles. The van der Waals surface area contributed by atoms with Gasteiger partial charge in [-0.25, -0.2) is 9.80 Å². The van der Waals surface area contributed by atoms with E-state index in [2.05, 4.69) is 5.10 Å². The van der Waals surface area contributed by atoms with E-state index in [1.807, 2.05) is 17.5 Å². The number of thiophene rings is 1. The van der Waals surface area contributed by atoms with E-state index in [-0.39, 0.29) is 5.56 Å². The monoisotopic (exact) mass is 444 g/mol. The number of carbonyl (C=O) groups is 2. The first kappa shape index (κ1) is 20.2. The van der Waals surface area contributed by atoms with Crippen molar-refractivity contribution in [1.82, 2.24) is 5.01 Å². The van der Waals surface area contributed by atoms with Crippen molar-refractivity contribution in [3.8, 4) is 5.75 Å². The van der Waals surface area contributed by atoms with Crippen LogP contribution in [-0.4, -0.2) is 36.3 Å². The molecule has 3 aromatic rings. The van der Waals surface area contributed by atoms with Crippen LogP contribution >= 0.6 is 22.9 Å². The molecule has 0 saturated carbocycles. The molecule has 0 fully saturated rings. The van der Waals surface area contributed by atoms with Crippen molar-refractivity contribution < 1.29 is 23.5 Å². The van der Waals surface area contributed by atoms with Crippen LogP contribution in [0, 0.1) is 0 Å². The van der Waals surface area contributed by atoms with E-state index in [4.69, 9.17) is 25.5 Å². The van der Waals surface area contributed by atoms with Crippen molar-refractivity contribution in [3.05, 3.63) is 75.3 Å². The zero-order valence-corrected chi connectivity index (χ0v) is 17.5. The molecule has 1 aliphatic rings. The third-order valence-electron chi connectivity index (χ3n) is 4.55. The highest BCUT2D eigenvalue weighted by atomic mass is 35.5. The second-order valence-corrected chi connectivity index (χ2v) is 7.80. The van der Waals surface area contributed by atoms with Crippen molar-refractivity contribution in [1.29, 1.82) is 0 Å². The summed E-state index contributed by atoms with van der Waals surface area (Å²) in [6.07, 6.45) is 2.06. The van der Waals surface area contributed by atoms with Crippen molar-refractivity contribution in [3.63, 3.8) is 0 Å². The number of hydrazone groups is 1. The van der Waals surface area contributed by atoms with Gasteiger partial charge in [0.25, 0.3) is 5.91 Å². The molecule has 9 heteroatoms. The number of amides is 1. The number of carbonyl (C=O) groups excluding carboxylic acids is 2. The van der Waals surface area contributed by atoms with Crippen molar-refractivity contribution >= 4 is 40.5 Å². The number of nitrogens with zero attached hydrogens (tertiary/aromatic N) is 2. The van der Waals surface area contributed by atoms with Gasteiger partial charge in [-0.15, -0.1) is 11.3 Å². The first-order valence-electron chi connectivity index (χ1n) is 9.04. The lowest BCUT2D eigenvalue weighted by molar-refractivity contribution is -0.136. The molecule has 0 saturated heterocycles. The van der Waals surface area contributed by atoms with Gasteiger partial charge in [0.1, 0.15) is 23.1 Å². The van der Waals surface area contributed by atoms with Crippen LogP contribution in [0.2, 0.25) is 5.02 Å². The minimum atomic E-state index is -0.709. The van der Waals surface area contributed by atoms with Crippen LogP contribution in [-0.2, 0) is 9.53 Å². The Labute approximate surface area is 181 Å². The van der Waals surface area contributed by atoms with Gasteiger partial charge in [-0.2, -0.15) is 5.10 Å². The molecule has 30 heavy (non-hydrogen) atoms. The molecule has 0 aliphatic carbocycles. The summed E-state index contributed by atoms with van der Waals surface area (Å²) in [6.45, 7) is -0.479. The third kappa shape index (κ3) is 4.10. The van der Waals surface area contributed by atoms with Gasteiger partial charge in [0.05, 0.1) is 24.0 Å². The summed E-state index contributed by atoms with van der Waals surface area (Å²) >= 11 is 7.50. The minimum Gasteiger partial charge on any atom is -0.496 e. The molecule has 1 unspecified atom stereocenters. The Bertz CT molecular complexity index is 1080. The molecule has 3 heterocycles. The Morgan fingerprint density at radius 3 is 2.87 bits per heavy atom. The van der Waals surface area contributed by atoms with Gasteiger partial charge in [-0.3, -0.25) is 4.79 Å². The highest BCUT2D eigenvalue weighted by Crippen LogP contribution is 2.34. The molecule has 0 radical (unpaired) electrons. The van der Waals surface area contributed by atoms with E-state index in [1.54, 1.807) is 41.9 Å². The lowest BCUT2D eigenvalue weighted by Crippen LogP contribution is -2.31. The Balaban J connectivity index is 1.51. The molecule has 1 atom stereocenters. The standard InChI is InChI=1S/C21H17ClN2O5S/c1-27-17-7-6-13(22)10-14(17)21(26)29-12-20(25)24-16(18-4-2-8-28-18)11-15(23-24)19-5-3-9-30-19/h2-10,16H,11-12H2,1H3. The van der Waals surface area contributed by atoms with Gasteiger partial charge < -0.3 is 13.9 Å². The average molecular weight is 445 g/mol. The highest BCUT2D eigenvalue weighted by Gasteiger charge is 2.35. The van der Waals surface area contributed by atoms with Crippen LogP contribution in [0.3, 0.4) is 0 Å². The number of rotatable bonds is 6. The van der Waals surface area contributed by atoms with Crippen molar-refractivity contribution in [2.24, 2.45) is 5.10 Å². The summed E-state index contributed by atoms with van der Waals surface area (Å²) in [5.74, 6) is -0.248. The quantitative estimate of drug-likeness (QED) is 0.521. The maximum atomic E-state index is 12.9. The molecule has 154 valence electrons. The maximum absolute atomic E-state index is 12.9. The Morgan fingerprint density at radius 1 is 1.30 bits per heavy atom. The number of hydrogen-bond acceptors (Lipinski definition) is 7. The zero-order chi connectivity index (χ0) is 21.1. The summed E-state index contributed by atoms with van der Waals surface area (Å²) in [7, 11) is 1.43. The molecular weight excluding hydrogens is 428 g/mol. The molecular formula is C21H17ClN2O5S. The fourth-order valence-corrected chi connectivity index (χ4v) is 4.04. The molecule has 0 spiro atoms. The number of esters is 1. The highest BCUT2D eigenvalue weighted by molar-refractivity contribution is 7.12. The van der Waals surface area contributed by atoms with Crippen LogP contribution in [0.1, 0.15) is 33.5 Å². The second-order valence-electron chi connectivity index (χ2n) is 6.42. The first-order valence-corrected chi connectivity index (χ1v) is 10.3. The number of furan rings is 1. The molecule has 7 nitrogen and oxygen atoms in total. The van der Waals surface area contributed by atoms with E-state index in [9.17, 15) is 9.59 Å². The maximum Gasteiger partial charge on any atom is 0.342 e. The Hall–Kier alpha value is -3.10. The molecule has 1 aliphatic heterocycles. The Kier molecular flexibility index (Phi) is 5.87. The van der Waals surface area contributed by atoms with Gasteiger partial charge in [-0.05, 0) is 41.8 Å². The molecule has 0 N–H and O–H groups in total. The smallest absolute Gasteiger partial charge is 0.342 e. The summed E-state index contributed by atoms with van der Waals surface area (Å²) in [4.78, 5) is 26.3. The fourth-order valence-electron chi connectivity index (χ4n) is 3.15. The van der Waals surface area contributed by atoms with Gasteiger partial charge in [-0.1, -0.05) is 17.7 Å². The van der Waals surface area contributed by atoms with E-state index in [0.717, 1.165) is 10.6 Å². The van der Waals surface area contributed by atoms with Gasteiger partial charge in [0.15, 0.2) is 6.61 Å². The average Bonchev–Trinajstić information content (AvgIpc) is 3.51. The lowest BCUT2D eigenvalue weighted by Gasteiger charge is -2.19. The largest absolute Gasteiger partial charge is 0.496 e. The number of benzene rings is 1. The van der Waals surface area contributed by atoms with Crippen LogP contribution in [0.4, 0.5) is 0 Å². The molecule has 0 bridgehead atoms. The summed E-state index contributed by atoms with van der Waals surface area (Å²) in [6, 6.07) is 11.6. The minimum absolute atomic E-state index is 0.143. The van der Waals surface area contributed by atoms with Crippen LogP contribution in [0.25, 0.3) is 0 Å². The predicted octanol–water partition coefficient (Wildman–Crippen LogP) is 4.54. The Morgan fingerprint density at radius 2 is 2.17 bits per heavy atom. The van der Waals surface area contributed by atoms with Gasteiger partial charge >= 0.3 is 5.97 Å². The number of ether oxygens (including phenoxy) is 2. The van der Waals surface area contributed by atoms with E-state index >= 15 is 0 Å². The normalized spacial score (nSPS) is 15.7. The molecule has 1 aromatic carbocycles. The van der Waals surface area contributed by atoms with E-state index in [1.165, 1.54) is 18.2 Å². The van der Waals surface area contributed by atoms with Crippen molar-refractivity contribution in [2.45, 2.75) is 12.5 Å². The molecule has 4 rings (SSSR count). The summed E-state index contributed by atoms with van der Waals surface area (Å²) in [5.41, 5.74) is 0.923. The number of methoxy groups -OCH3 is 1. The second kappa shape index (κ2) is 8.73. The summed E-state index contributed by atoms with van der Waals surface area (Å²) < 4.78 is 15.9. The number of halogens is 1. The topological polar surface area (TPSA) is 81.3 Å². The van der Waals surface area contributed by atoms with Crippen LogP contribution in [0.5, 0.6) is 5.75 Å². The third-order valence-corrected chi connectivity index (χ3v) is 5.71. The van der Waals surface area contributed by atoms with E-state index in [0.29, 0.717) is 23.0 Å². The SMILES string of the molecule is COc1ccc(Cl)cc1C(=O)OCC(=O)N1N=C(c2cccs2)CC1c1ccco1. The van der Waals surface area contributed by atoms with Crippen LogP contribution < -0.4 is 4.74 Å².